The van der Waals surface area contributed by atoms with Crippen LogP contribution in [0, 0.1) is 6.92 Å². The molecule has 1 aromatic carbocycles. The van der Waals surface area contributed by atoms with Crippen LogP contribution in [-0.2, 0) is 6.61 Å². The largest absolute Gasteiger partial charge is 0.487 e. The highest BCUT2D eigenvalue weighted by molar-refractivity contribution is 7.59. The normalized spacial score (nSPS) is 15.6. The van der Waals surface area contributed by atoms with Gasteiger partial charge in [-0.3, -0.25) is 0 Å². The number of para-hydroxylation sites is 1. The average molecular weight is 503 g/mol. The number of anilines is 1. The molecule has 7 nitrogen and oxygen atoms in total. The lowest BCUT2D eigenvalue weighted by atomic mass is 10.1. The summed E-state index contributed by atoms with van der Waals surface area (Å²) in [5.41, 5.74) is 9.38. The van der Waals surface area contributed by atoms with Gasteiger partial charge in [0.05, 0.1) is 22.1 Å². The summed E-state index contributed by atoms with van der Waals surface area (Å²) in [6, 6.07) is 8.01. The quantitative estimate of drug-likeness (QED) is 0.427. The molecule has 0 saturated carbocycles. The second-order valence-electron chi connectivity index (χ2n) is 7.91. The predicted octanol–water partition coefficient (Wildman–Crippen LogP) is 4.66. The Morgan fingerprint density at radius 1 is 1.27 bits per heavy atom. The first kappa shape index (κ1) is 23.6. The van der Waals surface area contributed by atoms with Gasteiger partial charge in [-0.15, -0.1) is 0 Å². The number of nitrogens with zero attached hydrogens (tertiary/aromatic N) is 5. The number of fused-ring (bicyclic) bond motifs is 1. The van der Waals surface area contributed by atoms with Gasteiger partial charge in [-0.2, -0.15) is 13.5 Å². The van der Waals surface area contributed by atoms with E-state index in [4.69, 9.17) is 38.7 Å². The van der Waals surface area contributed by atoms with Crippen molar-refractivity contribution in [2.24, 2.45) is 5.73 Å². The van der Waals surface area contributed by atoms with E-state index in [1.54, 1.807) is 18.7 Å². The summed E-state index contributed by atoms with van der Waals surface area (Å²) in [6.07, 6.45) is 7.95. The van der Waals surface area contributed by atoms with Crippen molar-refractivity contribution in [2.75, 3.05) is 18.0 Å². The molecule has 0 spiro atoms. The van der Waals surface area contributed by atoms with E-state index in [2.05, 4.69) is 14.9 Å². The lowest BCUT2D eigenvalue weighted by Gasteiger charge is -2.20. The second kappa shape index (κ2) is 9.77. The molecule has 0 amide bonds. The third-order valence-electron chi connectivity index (χ3n) is 5.64. The van der Waals surface area contributed by atoms with E-state index in [-0.39, 0.29) is 26.1 Å². The lowest BCUT2D eigenvalue weighted by Crippen LogP contribution is -2.27. The first-order chi connectivity index (χ1) is 15.5. The van der Waals surface area contributed by atoms with Gasteiger partial charge in [0, 0.05) is 54.4 Å². The smallest absolute Gasteiger partial charge is 0.147 e. The molecule has 0 unspecified atom stereocenters. The minimum absolute atomic E-state index is 0. The first-order valence-electron chi connectivity index (χ1n) is 10.4. The Kier molecular flexibility index (Phi) is 6.99. The molecule has 5 rings (SSSR count). The van der Waals surface area contributed by atoms with Crippen molar-refractivity contribution in [1.29, 1.82) is 0 Å². The van der Waals surface area contributed by atoms with Crippen LogP contribution in [0.5, 0.6) is 5.75 Å². The SMILES string of the molecule is Cc1cc(-n2ccnc2)c2cccc(OCc3c(Cl)cnc(N4CC[C@H](N)C4)c3Cl)c2n1.S. The van der Waals surface area contributed by atoms with Gasteiger partial charge >= 0.3 is 0 Å². The van der Waals surface area contributed by atoms with Gasteiger partial charge in [-0.25, -0.2) is 15.0 Å². The van der Waals surface area contributed by atoms with Crippen molar-refractivity contribution in [3.8, 4) is 11.4 Å². The highest BCUT2D eigenvalue weighted by Gasteiger charge is 2.24. The standard InChI is InChI=1S/C23H22Cl2N6O.H2S/c1-14-9-19(31-8-6-27-13-31)16-3-2-4-20(22(16)29-14)32-12-17-18(24)10-28-23(21(17)25)30-7-5-15(26)11-30;/h2-4,6,8-10,13,15H,5,7,11-12,26H2,1H3;1H2/t15-;/m0./s1. The third-order valence-corrected chi connectivity index (χ3v) is 6.36. The third kappa shape index (κ3) is 4.61. The zero-order chi connectivity index (χ0) is 22.2. The number of pyridine rings is 2. The molecule has 10 heteroatoms. The predicted molar refractivity (Wildman–Crippen MR) is 137 cm³/mol. The molecule has 3 aromatic heterocycles. The van der Waals surface area contributed by atoms with Crippen LogP contribution in [0.1, 0.15) is 17.7 Å². The van der Waals surface area contributed by atoms with Crippen LogP contribution in [0.15, 0.2) is 49.2 Å². The monoisotopic (exact) mass is 502 g/mol. The molecule has 172 valence electrons. The molecule has 1 saturated heterocycles. The minimum Gasteiger partial charge on any atom is -0.487 e. The van der Waals surface area contributed by atoms with Crippen molar-refractivity contribution in [2.45, 2.75) is 26.0 Å². The fraction of sp³-hybridized carbons (Fsp3) is 0.261. The summed E-state index contributed by atoms with van der Waals surface area (Å²) >= 11 is 13.2. The molecule has 0 radical (unpaired) electrons. The van der Waals surface area contributed by atoms with Gasteiger partial charge in [0.25, 0.3) is 0 Å². The van der Waals surface area contributed by atoms with E-state index < -0.39 is 0 Å². The molecule has 1 aliphatic rings. The number of rotatable bonds is 5. The number of hydrogen-bond acceptors (Lipinski definition) is 6. The Bertz CT molecular complexity index is 1280. The van der Waals surface area contributed by atoms with Crippen molar-refractivity contribution in [1.82, 2.24) is 19.5 Å². The van der Waals surface area contributed by atoms with Gasteiger partial charge in [0.2, 0.25) is 0 Å². The van der Waals surface area contributed by atoms with Crippen molar-refractivity contribution < 1.29 is 4.74 Å². The molecular formula is C23H24Cl2N6OS. The summed E-state index contributed by atoms with van der Waals surface area (Å²) in [5, 5.41) is 1.92. The van der Waals surface area contributed by atoms with E-state index in [0.29, 0.717) is 27.2 Å². The van der Waals surface area contributed by atoms with Crippen molar-refractivity contribution in [3.63, 3.8) is 0 Å². The molecular weight excluding hydrogens is 479 g/mol. The molecule has 1 atom stereocenters. The van der Waals surface area contributed by atoms with Crippen molar-refractivity contribution in [3.05, 3.63) is 70.5 Å². The molecule has 2 N–H and O–H groups in total. The van der Waals surface area contributed by atoms with E-state index in [0.717, 1.165) is 41.8 Å². The molecule has 0 aliphatic carbocycles. The van der Waals surface area contributed by atoms with Crippen molar-refractivity contribution >= 4 is 53.4 Å². The van der Waals surface area contributed by atoms with Gasteiger partial charge in [-0.1, -0.05) is 35.3 Å². The molecule has 4 heterocycles. The number of imidazole rings is 1. The van der Waals surface area contributed by atoms with E-state index in [9.17, 15) is 0 Å². The second-order valence-corrected chi connectivity index (χ2v) is 8.70. The molecule has 33 heavy (non-hydrogen) atoms. The van der Waals surface area contributed by atoms with Gasteiger partial charge in [-0.05, 0) is 25.5 Å². The Morgan fingerprint density at radius 3 is 2.85 bits per heavy atom. The van der Waals surface area contributed by atoms with Crippen LogP contribution in [-0.4, -0.2) is 38.7 Å². The lowest BCUT2D eigenvalue weighted by molar-refractivity contribution is 0.309. The Labute approximate surface area is 209 Å². The van der Waals surface area contributed by atoms with Gasteiger partial charge < -0.3 is 19.9 Å². The number of hydrogen-bond donors (Lipinski definition) is 1. The number of benzene rings is 1. The van der Waals surface area contributed by atoms with Crippen LogP contribution in [0.2, 0.25) is 10.0 Å². The fourth-order valence-corrected chi connectivity index (χ4v) is 4.61. The van der Waals surface area contributed by atoms with Crippen LogP contribution in [0.3, 0.4) is 0 Å². The summed E-state index contributed by atoms with van der Waals surface area (Å²) < 4.78 is 8.17. The average Bonchev–Trinajstić information content (AvgIpc) is 3.45. The van der Waals surface area contributed by atoms with E-state index in [1.165, 1.54) is 0 Å². The Hall–Kier alpha value is -2.52. The Morgan fingerprint density at radius 2 is 2.12 bits per heavy atom. The van der Waals surface area contributed by atoms with Crippen LogP contribution < -0.4 is 15.4 Å². The number of aryl methyl sites for hydroxylation is 1. The number of nitrogens with two attached hydrogens (primary N) is 1. The maximum Gasteiger partial charge on any atom is 0.147 e. The van der Waals surface area contributed by atoms with Crippen LogP contribution in [0.4, 0.5) is 5.82 Å². The molecule has 4 aromatic rings. The van der Waals surface area contributed by atoms with Crippen LogP contribution >= 0.6 is 36.7 Å². The topological polar surface area (TPSA) is 82.1 Å². The summed E-state index contributed by atoms with van der Waals surface area (Å²) in [6.45, 7) is 3.69. The summed E-state index contributed by atoms with van der Waals surface area (Å²) in [4.78, 5) is 15.4. The minimum atomic E-state index is 0. The maximum atomic E-state index is 6.71. The zero-order valence-corrected chi connectivity index (χ0v) is 20.5. The highest BCUT2D eigenvalue weighted by atomic mass is 35.5. The summed E-state index contributed by atoms with van der Waals surface area (Å²) in [5.74, 6) is 1.35. The molecule has 0 bridgehead atoms. The van der Waals surface area contributed by atoms with E-state index in [1.807, 2.05) is 42.0 Å². The highest BCUT2D eigenvalue weighted by Crippen LogP contribution is 2.35. The molecule has 1 fully saturated rings. The van der Waals surface area contributed by atoms with Gasteiger partial charge in [0.1, 0.15) is 23.7 Å². The number of halogens is 2. The molecule has 1 aliphatic heterocycles. The fourth-order valence-electron chi connectivity index (χ4n) is 4.03. The maximum absolute atomic E-state index is 6.71. The van der Waals surface area contributed by atoms with Gasteiger partial charge in [0.15, 0.2) is 0 Å². The first-order valence-corrected chi connectivity index (χ1v) is 11.1. The number of ether oxygens (including phenoxy) is 1. The zero-order valence-electron chi connectivity index (χ0n) is 18.0. The van der Waals surface area contributed by atoms with E-state index >= 15 is 0 Å². The summed E-state index contributed by atoms with van der Waals surface area (Å²) in [7, 11) is 0. The Balaban J connectivity index is 0.00000259. The van der Waals surface area contributed by atoms with Crippen LogP contribution in [0.25, 0.3) is 16.6 Å². The number of aromatic nitrogens is 4.